The molecule has 0 aromatic heterocycles. The Labute approximate surface area is 131 Å². The van der Waals surface area contributed by atoms with E-state index in [9.17, 15) is 0 Å². The quantitative estimate of drug-likeness (QED) is 0.820. The highest BCUT2D eigenvalue weighted by Crippen LogP contribution is 2.49. The normalized spacial score (nSPS) is 22.8. The maximum Gasteiger partial charge on any atom is 0.120 e. The molecule has 0 heterocycles. The molecule has 1 aromatic carbocycles. The van der Waals surface area contributed by atoms with Gasteiger partial charge in [-0.15, -0.1) is 0 Å². The summed E-state index contributed by atoms with van der Waals surface area (Å²) in [5.41, 5.74) is 1.76. The highest BCUT2D eigenvalue weighted by atomic mass is 79.9. The Balaban J connectivity index is 2.33. The second-order valence-electron chi connectivity index (χ2n) is 6.41. The summed E-state index contributed by atoms with van der Waals surface area (Å²) in [5, 5.41) is 3.70. The number of methoxy groups -OCH3 is 1. The lowest BCUT2D eigenvalue weighted by Crippen LogP contribution is -2.34. The Hall–Kier alpha value is -0.540. The van der Waals surface area contributed by atoms with Gasteiger partial charge >= 0.3 is 0 Å². The smallest absolute Gasteiger partial charge is 0.120 e. The number of hydrogen-bond donors (Lipinski definition) is 1. The van der Waals surface area contributed by atoms with Crippen LogP contribution in [0.5, 0.6) is 5.75 Å². The largest absolute Gasteiger partial charge is 0.497 e. The van der Waals surface area contributed by atoms with Crippen molar-refractivity contribution in [1.29, 1.82) is 0 Å². The van der Waals surface area contributed by atoms with Crippen molar-refractivity contribution < 1.29 is 4.74 Å². The van der Waals surface area contributed by atoms with Gasteiger partial charge in [-0.1, -0.05) is 49.2 Å². The molecular formula is C17H26BrNO. The van der Waals surface area contributed by atoms with Crippen LogP contribution < -0.4 is 10.1 Å². The number of rotatable bonds is 5. The Morgan fingerprint density at radius 2 is 2.20 bits per heavy atom. The van der Waals surface area contributed by atoms with Crippen LogP contribution in [0, 0.1) is 11.3 Å². The fourth-order valence-corrected chi connectivity index (χ4v) is 4.15. The minimum absolute atomic E-state index is 0.409. The van der Waals surface area contributed by atoms with Gasteiger partial charge in [0.1, 0.15) is 5.75 Å². The minimum atomic E-state index is 0.409. The van der Waals surface area contributed by atoms with Crippen LogP contribution in [0.3, 0.4) is 0 Å². The molecule has 2 atom stereocenters. The Morgan fingerprint density at radius 1 is 1.45 bits per heavy atom. The third-order valence-electron chi connectivity index (χ3n) is 4.71. The highest BCUT2D eigenvalue weighted by Gasteiger charge is 2.40. The van der Waals surface area contributed by atoms with Gasteiger partial charge in [0.25, 0.3) is 0 Å². The van der Waals surface area contributed by atoms with Crippen LogP contribution in [0.1, 0.15) is 51.6 Å². The number of hydrogen-bond acceptors (Lipinski definition) is 2. The Bertz CT molecular complexity index is 458. The minimum Gasteiger partial charge on any atom is -0.497 e. The summed E-state index contributed by atoms with van der Waals surface area (Å²) in [6.45, 7) is 8.00. The predicted octanol–water partition coefficient (Wildman–Crippen LogP) is 4.93. The van der Waals surface area contributed by atoms with Crippen LogP contribution in [0.25, 0.3) is 0 Å². The van der Waals surface area contributed by atoms with Gasteiger partial charge in [0.05, 0.1) is 7.11 Å². The summed E-state index contributed by atoms with van der Waals surface area (Å²) in [4.78, 5) is 0. The molecule has 1 N–H and O–H groups in total. The maximum atomic E-state index is 5.31. The number of ether oxygens (including phenoxy) is 1. The zero-order valence-corrected chi connectivity index (χ0v) is 14.6. The van der Waals surface area contributed by atoms with Crippen molar-refractivity contribution in [3.63, 3.8) is 0 Å². The summed E-state index contributed by atoms with van der Waals surface area (Å²) in [7, 11) is 1.71. The van der Waals surface area contributed by atoms with E-state index in [0.717, 1.165) is 16.8 Å². The van der Waals surface area contributed by atoms with Crippen molar-refractivity contribution in [3.8, 4) is 5.75 Å². The van der Waals surface area contributed by atoms with Gasteiger partial charge in [-0.05, 0) is 48.4 Å². The number of halogens is 1. The van der Waals surface area contributed by atoms with E-state index in [2.05, 4.69) is 60.2 Å². The molecule has 0 spiro atoms. The van der Waals surface area contributed by atoms with Crippen molar-refractivity contribution >= 4 is 15.9 Å². The first-order valence-corrected chi connectivity index (χ1v) is 8.35. The molecule has 0 aliphatic heterocycles. The molecule has 2 nitrogen and oxygen atoms in total. The lowest BCUT2D eigenvalue weighted by Gasteiger charge is -2.35. The third-order valence-corrected chi connectivity index (χ3v) is 5.40. The van der Waals surface area contributed by atoms with Gasteiger partial charge < -0.3 is 10.1 Å². The Morgan fingerprint density at radius 3 is 2.70 bits per heavy atom. The molecule has 2 rings (SSSR count). The van der Waals surface area contributed by atoms with E-state index in [1.165, 1.54) is 24.8 Å². The van der Waals surface area contributed by atoms with Crippen molar-refractivity contribution in [1.82, 2.24) is 5.32 Å². The second-order valence-corrected chi connectivity index (χ2v) is 7.26. The fourth-order valence-electron chi connectivity index (χ4n) is 3.55. The summed E-state index contributed by atoms with van der Waals surface area (Å²) in [5.74, 6) is 1.59. The van der Waals surface area contributed by atoms with E-state index in [4.69, 9.17) is 4.74 Å². The molecule has 1 aliphatic carbocycles. The number of benzene rings is 1. The fraction of sp³-hybridized carbons (Fsp3) is 0.647. The molecule has 0 bridgehead atoms. The molecule has 1 aromatic rings. The molecule has 0 saturated heterocycles. The van der Waals surface area contributed by atoms with Crippen molar-refractivity contribution in [2.24, 2.45) is 11.3 Å². The molecular weight excluding hydrogens is 314 g/mol. The van der Waals surface area contributed by atoms with Gasteiger partial charge in [-0.25, -0.2) is 0 Å². The van der Waals surface area contributed by atoms with Crippen LogP contribution in [0.15, 0.2) is 22.7 Å². The molecule has 1 fully saturated rings. The summed E-state index contributed by atoms with van der Waals surface area (Å²) in [6.07, 6.45) is 3.98. The van der Waals surface area contributed by atoms with Crippen molar-refractivity contribution in [3.05, 3.63) is 28.2 Å². The lowest BCUT2D eigenvalue weighted by molar-refractivity contribution is 0.198. The zero-order valence-electron chi connectivity index (χ0n) is 13.0. The first-order valence-electron chi connectivity index (χ1n) is 7.56. The van der Waals surface area contributed by atoms with Gasteiger partial charge in [0, 0.05) is 10.5 Å². The average Bonchev–Trinajstić information content (AvgIpc) is 2.76. The monoisotopic (exact) mass is 339 g/mol. The van der Waals surface area contributed by atoms with Crippen molar-refractivity contribution in [2.75, 3.05) is 13.7 Å². The molecule has 0 amide bonds. The Kier molecular flexibility index (Phi) is 5.14. The van der Waals surface area contributed by atoms with E-state index >= 15 is 0 Å². The topological polar surface area (TPSA) is 21.3 Å². The molecule has 0 radical (unpaired) electrons. The zero-order chi connectivity index (χ0) is 14.8. The van der Waals surface area contributed by atoms with E-state index in [-0.39, 0.29) is 0 Å². The van der Waals surface area contributed by atoms with E-state index in [1.807, 2.05) is 0 Å². The molecule has 2 unspecified atom stereocenters. The van der Waals surface area contributed by atoms with Crippen LogP contribution in [-0.4, -0.2) is 13.7 Å². The average molecular weight is 340 g/mol. The van der Waals surface area contributed by atoms with Gasteiger partial charge in [0.2, 0.25) is 0 Å². The number of nitrogens with one attached hydrogen (secondary N) is 1. The van der Waals surface area contributed by atoms with Crippen LogP contribution in [0.4, 0.5) is 0 Å². The van der Waals surface area contributed by atoms with Gasteiger partial charge in [-0.3, -0.25) is 0 Å². The predicted molar refractivity (Wildman–Crippen MR) is 88.2 cm³/mol. The van der Waals surface area contributed by atoms with E-state index in [1.54, 1.807) is 7.11 Å². The van der Waals surface area contributed by atoms with E-state index < -0.39 is 0 Å². The van der Waals surface area contributed by atoms with Crippen LogP contribution in [0.2, 0.25) is 0 Å². The summed E-state index contributed by atoms with van der Waals surface area (Å²) >= 11 is 3.72. The first-order chi connectivity index (χ1) is 9.49. The maximum absolute atomic E-state index is 5.31. The van der Waals surface area contributed by atoms with Crippen molar-refractivity contribution in [2.45, 2.75) is 46.1 Å². The standard InChI is InChI=1S/C17H26BrNO/c1-5-19-16(14-7-6-10-17(14,2)3)13-9-8-12(20-4)11-15(13)18/h8-9,11,14,16,19H,5-7,10H2,1-4H3. The van der Waals surface area contributed by atoms with Gasteiger partial charge in [-0.2, -0.15) is 0 Å². The SMILES string of the molecule is CCNC(c1ccc(OC)cc1Br)C1CCCC1(C)C. The van der Waals surface area contributed by atoms with Crippen LogP contribution >= 0.6 is 15.9 Å². The third kappa shape index (κ3) is 3.20. The first kappa shape index (κ1) is 15.8. The van der Waals surface area contributed by atoms with Crippen LogP contribution in [-0.2, 0) is 0 Å². The molecule has 1 aliphatic rings. The second kappa shape index (κ2) is 6.48. The van der Waals surface area contributed by atoms with Gasteiger partial charge in [0.15, 0.2) is 0 Å². The van der Waals surface area contributed by atoms with E-state index in [0.29, 0.717) is 17.4 Å². The molecule has 112 valence electrons. The molecule has 3 heteroatoms. The molecule has 1 saturated carbocycles. The molecule has 20 heavy (non-hydrogen) atoms. The highest BCUT2D eigenvalue weighted by molar-refractivity contribution is 9.10. The summed E-state index contributed by atoms with van der Waals surface area (Å²) in [6, 6.07) is 6.75. The lowest BCUT2D eigenvalue weighted by atomic mass is 9.75. The summed E-state index contributed by atoms with van der Waals surface area (Å²) < 4.78 is 6.45.